The van der Waals surface area contributed by atoms with Gasteiger partial charge in [0, 0.05) is 36.7 Å². The summed E-state index contributed by atoms with van der Waals surface area (Å²) < 4.78 is 12.6. The number of carbonyl (C=O) groups is 6. The molecule has 14 heteroatoms. The highest BCUT2D eigenvalue weighted by molar-refractivity contribution is 6.47. The zero-order valence-electron chi connectivity index (χ0n) is 37.5. The summed E-state index contributed by atoms with van der Waals surface area (Å²) in [6, 6.07) is 13.1. The van der Waals surface area contributed by atoms with Crippen LogP contribution in [0.25, 0.3) is 11.1 Å². The molecule has 2 unspecified atom stereocenters. The van der Waals surface area contributed by atoms with E-state index in [2.05, 4.69) is 55.7 Å². The number of aliphatic hydroxyl groups is 1. The molecule has 0 aromatic heterocycles. The minimum absolute atomic E-state index is 0.0128. The van der Waals surface area contributed by atoms with Crippen LogP contribution in [0.4, 0.5) is 0 Å². The van der Waals surface area contributed by atoms with Gasteiger partial charge in [0.15, 0.2) is 17.3 Å². The molecule has 2 aromatic rings. The maximum absolute atomic E-state index is 13.8. The first kappa shape index (κ1) is 48.8. The highest BCUT2D eigenvalue weighted by atomic mass is 16.7. The van der Waals surface area contributed by atoms with Gasteiger partial charge in [0.05, 0.1) is 30.8 Å². The van der Waals surface area contributed by atoms with Crippen molar-refractivity contribution in [3.63, 3.8) is 0 Å². The van der Waals surface area contributed by atoms with Crippen molar-refractivity contribution in [1.82, 2.24) is 10.6 Å². The summed E-state index contributed by atoms with van der Waals surface area (Å²) in [6.45, 7) is 11.8. The average Bonchev–Trinajstić information content (AvgIpc) is 3.69. The lowest BCUT2D eigenvalue weighted by Gasteiger charge is -2.60. The van der Waals surface area contributed by atoms with Crippen LogP contribution in [0.15, 0.2) is 48.5 Å². The first-order valence-corrected chi connectivity index (χ1v) is 22.8. The lowest BCUT2D eigenvalue weighted by molar-refractivity contribution is -0.150. The quantitative estimate of drug-likeness (QED) is 0.0479. The summed E-state index contributed by atoms with van der Waals surface area (Å²) in [6.07, 6.45) is 4.56. The minimum atomic E-state index is -1.37. The van der Waals surface area contributed by atoms with Crippen molar-refractivity contribution in [1.29, 1.82) is 0 Å². The Balaban J connectivity index is 1.16. The Bertz CT molecular complexity index is 1890. The summed E-state index contributed by atoms with van der Waals surface area (Å²) in [5.74, 6) is -4.43. The van der Waals surface area contributed by atoms with Crippen molar-refractivity contribution in [3.8, 4) is 11.1 Å². The van der Waals surface area contributed by atoms with Crippen molar-refractivity contribution in [2.45, 2.75) is 155 Å². The number of nitrogens with one attached hydrogen (secondary N) is 2. The van der Waals surface area contributed by atoms with Crippen LogP contribution in [0.3, 0.4) is 0 Å². The van der Waals surface area contributed by atoms with Gasteiger partial charge in [-0.3, -0.25) is 28.8 Å². The molecule has 3 saturated carbocycles. The van der Waals surface area contributed by atoms with E-state index in [-0.39, 0.29) is 48.5 Å². The van der Waals surface area contributed by atoms with Crippen molar-refractivity contribution in [2.75, 3.05) is 6.54 Å². The fraction of sp³-hybridized carbons (Fsp3) is 0.625. The van der Waals surface area contributed by atoms with E-state index < -0.39 is 72.9 Å². The van der Waals surface area contributed by atoms with E-state index in [0.717, 1.165) is 43.2 Å². The van der Waals surface area contributed by atoms with Crippen molar-refractivity contribution in [3.05, 3.63) is 59.7 Å². The molecule has 1 heterocycles. The number of carbonyl (C=O) groups excluding carboxylic acids is 6. The fourth-order valence-corrected chi connectivity index (χ4v) is 9.51. The Morgan fingerprint density at radius 2 is 1.48 bits per heavy atom. The molecule has 7 N–H and O–H groups in total. The molecule has 13 nitrogen and oxygen atoms in total. The maximum atomic E-state index is 13.8. The monoisotopic (exact) mass is 857 g/mol. The molecule has 3 aliphatic carbocycles. The number of primary amides is 1. The van der Waals surface area contributed by atoms with Crippen molar-refractivity contribution >= 4 is 42.2 Å². The van der Waals surface area contributed by atoms with E-state index in [0.29, 0.717) is 43.2 Å². The molecular formula is C48H69BN4O9. The summed E-state index contributed by atoms with van der Waals surface area (Å²) in [7, 11) is -0.591. The number of aryl methyl sites for hydroxylation is 1. The maximum Gasteiger partial charge on any atom is 0.460 e. The van der Waals surface area contributed by atoms with E-state index in [4.69, 9.17) is 20.8 Å². The number of benzene rings is 2. The second-order valence-electron chi connectivity index (χ2n) is 18.9. The van der Waals surface area contributed by atoms with E-state index >= 15 is 0 Å². The minimum Gasteiger partial charge on any atom is -0.405 e. The molecule has 6 rings (SSSR count). The molecular weight excluding hydrogens is 787 g/mol. The Morgan fingerprint density at radius 1 is 0.823 bits per heavy atom. The second-order valence-corrected chi connectivity index (χ2v) is 18.9. The number of ketones is 3. The Hall–Kier alpha value is -4.24. The molecule has 4 fully saturated rings. The van der Waals surface area contributed by atoms with E-state index in [1.54, 1.807) is 12.1 Å². The first-order valence-electron chi connectivity index (χ1n) is 22.8. The first-order chi connectivity index (χ1) is 29.4. The summed E-state index contributed by atoms with van der Waals surface area (Å²) >= 11 is 0. The topological polar surface area (TPSA) is 217 Å². The Labute approximate surface area is 367 Å². The van der Waals surface area contributed by atoms with Gasteiger partial charge in [-0.1, -0.05) is 96.0 Å². The average molecular weight is 857 g/mol. The van der Waals surface area contributed by atoms with Gasteiger partial charge in [-0.25, -0.2) is 0 Å². The molecule has 0 radical (unpaired) electrons. The smallest absolute Gasteiger partial charge is 0.405 e. The van der Waals surface area contributed by atoms with Crippen LogP contribution in [-0.4, -0.2) is 84.2 Å². The largest absolute Gasteiger partial charge is 0.460 e. The standard InChI is InChI=1S/C48H69BN4O9/c1-7-8-11-31-13-15-32(16-14-31)33-17-19-34(20-18-33)39(55)24-35(12-9-10-21-50)47(60)53-44(30(4)54)41(57)22-28(2)46(59)52-38(27-43(51)58)40(56)23-29(3)49-61-42-26-36-25-37(45(42)62-49)48(36,5)6/h13-20,28-30,35-38,42,44-45,54H,7-12,21-27,50H2,1-6H3,(H2,51,58)(H,52,59)(H,53,60)/t28-,29-,30-,35-,36+,37-,38+,42?,44+,45?/m1/s1. The van der Waals surface area contributed by atoms with Crippen LogP contribution >= 0.6 is 0 Å². The van der Waals surface area contributed by atoms with Crippen LogP contribution in [0, 0.1) is 29.1 Å². The van der Waals surface area contributed by atoms with Crippen LogP contribution in [-0.2, 0) is 39.7 Å². The molecule has 338 valence electrons. The number of aliphatic hydroxyl groups excluding tert-OH is 1. The molecule has 2 bridgehead atoms. The predicted molar refractivity (Wildman–Crippen MR) is 239 cm³/mol. The Morgan fingerprint density at radius 3 is 2.08 bits per heavy atom. The van der Waals surface area contributed by atoms with Gasteiger partial charge in [0.25, 0.3) is 0 Å². The third-order valence-corrected chi connectivity index (χ3v) is 13.7. The number of rotatable bonds is 25. The van der Waals surface area contributed by atoms with Crippen molar-refractivity contribution in [2.24, 2.45) is 40.6 Å². The molecule has 10 atom stereocenters. The van der Waals surface area contributed by atoms with Gasteiger partial charge < -0.3 is 36.5 Å². The van der Waals surface area contributed by atoms with Gasteiger partial charge in [-0.15, -0.1) is 0 Å². The van der Waals surface area contributed by atoms with Crippen LogP contribution in [0.2, 0.25) is 5.82 Å². The van der Waals surface area contributed by atoms with Crippen LogP contribution in [0.5, 0.6) is 0 Å². The number of amides is 3. The normalized spacial score (nSPS) is 22.8. The highest BCUT2D eigenvalue weighted by Gasteiger charge is 2.62. The van der Waals surface area contributed by atoms with Gasteiger partial charge >= 0.3 is 7.12 Å². The third-order valence-electron chi connectivity index (χ3n) is 13.7. The lowest BCUT2D eigenvalue weighted by atomic mass is 9.47. The lowest BCUT2D eigenvalue weighted by Crippen LogP contribution is -2.59. The Kier molecular flexibility index (Phi) is 17.2. The summed E-state index contributed by atoms with van der Waals surface area (Å²) in [5, 5.41) is 16.0. The number of hydrogen-bond donors (Lipinski definition) is 5. The predicted octanol–water partition coefficient (Wildman–Crippen LogP) is 5.52. The molecule has 1 aliphatic heterocycles. The summed E-state index contributed by atoms with van der Waals surface area (Å²) in [4.78, 5) is 80.0. The van der Waals surface area contributed by atoms with Gasteiger partial charge in [-0.2, -0.15) is 0 Å². The van der Waals surface area contributed by atoms with Crippen LogP contribution in [0.1, 0.15) is 128 Å². The van der Waals surface area contributed by atoms with E-state index in [1.807, 2.05) is 19.1 Å². The molecule has 4 aliphatic rings. The number of hydrogen-bond acceptors (Lipinski definition) is 10. The van der Waals surface area contributed by atoms with Gasteiger partial charge in [-0.05, 0) is 91.8 Å². The highest BCUT2D eigenvalue weighted by Crippen LogP contribution is 2.62. The van der Waals surface area contributed by atoms with Crippen molar-refractivity contribution < 1.29 is 43.2 Å². The molecule has 62 heavy (non-hydrogen) atoms. The molecule has 2 aromatic carbocycles. The van der Waals surface area contributed by atoms with Crippen LogP contribution < -0.4 is 22.1 Å². The van der Waals surface area contributed by atoms with E-state index in [9.17, 15) is 33.9 Å². The number of Topliss-reactive ketones (excluding diaryl/α,β-unsaturated/α-hetero) is 3. The zero-order chi connectivity index (χ0) is 45.3. The zero-order valence-corrected chi connectivity index (χ0v) is 37.5. The fourth-order valence-electron chi connectivity index (χ4n) is 9.51. The van der Waals surface area contributed by atoms with E-state index in [1.165, 1.54) is 19.4 Å². The SMILES string of the molecule is CCCCc1ccc(-c2ccc(C(=O)C[C@@H](CCCCN)C(=O)N[C@H](C(=O)C[C@@H](C)C(=O)N[C@@H](CC(N)=O)C(=O)C[C@@H](C)B3OC4C[C@@H]5C[C@H](C4O3)C5(C)C)[C@@H](C)O)cc2)cc1. The second kappa shape index (κ2) is 21.9. The molecule has 3 amide bonds. The third kappa shape index (κ3) is 12.3. The van der Waals surface area contributed by atoms with Gasteiger partial charge in [0.1, 0.15) is 6.04 Å². The molecule has 0 spiro atoms. The molecule has 1 saturated heterocycles. The summed E-state index contributed by atoms with van der Waals surface area (Å²) in [5.41, 5.74) is 15.1. The van der Waals surface area contributed by atoms with Gasteiger partial charge in [0.2, 0.25) is 17.7 Å². The number of unbranched alkanes of at least 4 members (excludes halogenated alkanes) is 2. The number of nitrogens with two attached hydrogens (primary N) is 2.